The molecule has 3 heterocycles. The highest BCUT2D eigenvalue weighted by molar-refractivity contribution is 7.94. The molecule has 0 saturated heterocycles. The number of benzene rings is 1. The summed E-state index contributed by atoms with van der Waals surface area (Å²) in [6.07, 6.45) is 3.31. The number of nitrogens with one attached hydrogen (secondary N) is 1. The van der Waals surface area contributed by atoms with E-state index in [4.69, 9.17) is 8.83 Å². The first-order chi connectivity index (χ1) is 15.0. The van der Waals surface area contributed by atoms with Crippen LogP contribution >= 0.6 is 11.3 Å². The monoisotopic (exact) mass is 456 g/mol. The number of thiophene rings is 1. The lowest BCUT2D eigenvalue weighted by atomic mass is 10.1. The summed E-state index contributed by atoms with van der Waals surface area (Å²) in [4.78, 5) is 14.6. The van der Waals surface area contributed by atoms with E-state index >= 15 is 0 Å². The van der Waals surface area contributed by atoms with E-state index in [0.29, 0.717) is 30.3 Å². The number of hydrogen-bond donors (Lipinski definition) is 1. The number of sulfonamides is 1. The topological polar surface area (TPSA) is 92.8 Å². The number of amides is 1. The van der Waals surface area contributed by atoms with Crippen LogP contribution in [0.4, 0.5) is 5.69 Å². The third kappa shape index (κ3) is 5.44. The van der Waals surface area contributed by atoms with Crippen LogP contribution in [-0.4, -0.2) is 19.2 Å². The Morgan fingerprint density at radius 2 is 1.55 bits per heavy atom. The molecule has 0 fully saturated rings. The minimum absolute atomic E-state index is 0.0975. The number of furan rings is 2. The molecule has 0 atom stereocenters. The maximum Gasteiger partial charge on any atom is 0.271 e. The van der Waals surface area contributed by atoms with Crippen LogP contribution in [0.2, 0.25) is 0 Å². The van der Waals surface area contributed by atoms with Crippen LogP contribution in [0.3, 0.4) is 0 Å². The number of carbonyl (C=O) groups is 1. The van der Waals surface area contributed by atoms with Crippen molar-refractivity contribution in [2.24, 2.45) is 0 Å². The van der Waals surface area contributed by atoms with Crippen LogP contribution in [0, 0.1) is 0 Å². The van der Waals surface area contributed by atoms with Gasteiger partial charge < -0.3 is 13.7 Å². The predicted molar refractivity (Wildman–Crippen MR) is 117 cm³/mol. The first-order valence-electron chi connectivity index (χ1n) is 9.47. The average molecular weight is 457 g/mol. The Morgan fingerprint density at radius 3 is 2.06 bits per heavy atom. The Bertz CT molecular complexity index is 1160. The smallest absolute Gasteiger partial charge is 0.271 e. The molecule has 0 aliphatic rings. The number of anilines is 1. The fourth-order valence-electron chi connectivity index (χ4n) is 3.01. The van der Waals surface area contributed by atoms with Gasteiger partial charge in [-0.2, -0.15) is 0 Å². The quantitative estimate of drug-likeness (QED) is 0.400. The van der Waals surface area contributed by atoms with Gasteiger partial charge in [-0.3, -0.25) is 9.52 Å². The van der Waals surface area contributed by atoms with Crippen molar-refractivity contribution in [2.45, 2.75) is 23.7 Å². The summed E-state index contributed by atoms with van der Waals surface area (Å²) in [6, 6.07) is 17.2. The van der Waals surface area contributed by atoms with Crippen molar-refractivity contribution >= 4 is 33.0 Å². The van der Waals surface area contributed by atoms with Crippen molar-refractivity contribution in [1.29, 1.82) is 0 Å². The Kier molecular flexibility index (Phi) is 6.24. The molecular weight excluding hydrogens is 436 g/mol. The van der Waals surface area contributed by atoms with Crippen molar-refractivity contribution in [3.8, 4) is 0 Å². The van der Waals surface area contributed by atoms with Crippen LogP contribution in [0.25, 0.3) is 0 Å². The Hall–Kier alpha value is -3.30. The Balaban J connectivity index is 1.43. The SMILES string of the molecule is O=C(Cc1ccc(NS(=O)(=O)c2cccs2)cc1)N(Cc1ccco1)Cc1ccco1. The van der Waals surface area contributed by atoms with Crippen LogP contribution in [0.15, 0.2) is 91.6 Å². The highest BCUT2D eigenvalue weighted by atomic mass is 32.2. The zero-order valence-electron chi connectivity index (χ0n) is 16.4. The van der Waals surface area contributed by atoms with E-state index in [9.17, 15) is 13.2 Å². The minimum atomic E-state index is -3.60. The molecule has 1 N–H and O–H groups in total. The molecule has 4 aromatic rings. The largest absolute Gasteiger partial charge is 0.467 e. The molecule has 3 aromatic heterocycles. The highest BCUT2D eigenvalue weighted by Gasteiger charge is 2.18. The highest BCUT2D eigenvalue weighted by Crippen LogP contribution is 2.21. The van der Waals surface area contributed by atoms with Crippen LogP contribution in [0.1, 0.15) is 17.1 Å². The van der Waals surface area contributed by atoms with Gasteiger partial charge in [-0.1, -0.05) is 18.2 Å². The molecule has 0 unspecified atom stereocenters. The van der Waals surface area contributed by atoms with E-state index in [1.807, 2.05) is 12.1 Å². The van der Waals surface area contributed by atoms with E-state index in [0.717, 1.165) is 16.9 Å². The number of nitrogens with zero attached hydrogens (tertiary/aromatic N) is 1. The van der Waals surface area contributed by atoms with Crippen molar-refractivity contribution < 1.29 is 22.0 Å². The van der Waals surface area contributed by atoms with Crippen molar-refractivity contribution in [1.82, 2.24) is 4.90 Å². The predicted octanol–water partition coefficient (Wildman–Crippen LogP) is 4.51. The summed E-state index contributed by atoms with van der Waals surface area (Å²) in [6.45, 7) is 0.649. The van der Waals surface area contributed by atoms with Crippen molar-refractivity contribution in [3.63, 3.8) is 0 Å². The van der Waals surface area contributed by atoms with Gasteiger partial charge in [-0.15, -0.1) is 11.3 Å². The summed E-state index contributed by atoms with van der Waals surface area (Å²) in [7, 11) is -3.60. The summed E-state index contributed by atoms with van der Waals surface area (Å²) in [5, 5.41) is 1.71. The number of carbonyl (C=O) groups excluding carboxylic acids is 1. The average Bonchev–Trinajstić information content (AvgIpc) is 3.52. The van der Waals surface area contributed by atoms with Gasteiger partial charge in [0.15, 0.2) is 0 Å². The molecule has 0 spiro atoms. The Labute approximate surface area is 184 Å². The standard InChI is InChI=1S/C22H20N2O5S2/c25-21(24(15-19-4-1-11-28-19)16-20-5-2-12-29-20)14-17-7-9-18(10-8-17)23-31(26,27)22-6-3-13-30-22/h1-13,23H,14-16H2. The van der Waals surface area contributed by atoms with Crippen LogP contribution in [-0.2, 0) is 34.3 Å². The molecule has 0 bridgehead atoms. The minimum Gasteiger partial charge on any atom is -0.467 e. The molecule has 4 rings (SSSR count). The lowest BCUT2D eigenvalue weighted by Gasteiger charge is -2.21. The van der Waals surface area contributed by atoms with Gasteiger partial charge in [0.25, 0.3) is 10.0 Å². The van der Waals surface area contributed by atoms with Crippen LogP contribution in [0.5, 0.6) is 0 Å². The molecule has 0 radical (unpaired) electrons. The van der Waals surface area contributed by atoms with E-state index in [1.54, 1.807) is 71.3 Å². The second-order valence-electron chi connectivity index (χ2n) is 6.82. The summed E-state index contributed by atoms with van der Waals surface area (Å²) in [5.74, 6) is 1.26. The maximum atomic E-state index is 13.0. The molecule has 9 heteroatoms. The van der Waals surface area contributed by atoms with Gasteiger partial charge in [0.2, 0.25) is 5.91 Å². The van der Waals surface area contributed by atoms with Gasteiger partial charge in [0.05, 0.1) is 32.0 Å². The molecule has 0 saturated carbocycles. The summed E-state index contributed by atoms with van der Waals surface area (Å²) >= 11 is 1.15. The van der Waals surface area contributed by atoms with Crippen molar-refractivity contribution in [3.05, 3.63) is 95.7 Å². The van der Waals surface area contributed by atoms with Gasteiger partial charge >= 0.3 is 0 Å². The number of rotatable bonds is 9. The van der Waals surface area contributed by atoms with Gasteiger partial charge in [0, 0.05) is 5.69 Å². The van der Waals surface area contributed by atoms with Crippen LogP contribution < -0.4 is 4.72 Å². The maximum absolute atomic E-state index is 13.0. The zero-order chi connectivity index (χ0) is 21.7. The second-order valence-corrected chi connectivity index (χ2v) is 9.68. The third-order valence-corrected chi connectivity index (χ3v) is 7.31. The molecule has 1 amide bonds. The normalized spacial score (nSPS) is 11.4. The summed E-state index contributed by atoms with van der Waals surface area (Å²) in [5.41, 5.74) is 1.21. The van der Waals surface area contributed by atoms with E-state index in [2.05, 4.69) is 4.72 Å². The lowest BCUT2D eigenvalue weighted by molar-refractivity contribution is -0.132. The fourth-order valence-corrected chi connectivity index (χ4v) is 5.06. The lowest BCUT2D eigenvalue weighted by Crippen LogP contribution is -2.31. The van der Waals surface area contributed by atoms with E-state index < -0.39 is 10.0 Å². The summed E-state index contributed by atoms with van der Waals surface area (Å²) < 4.78 is 38.2. The Morgan fingerprint density at radius 1 is 0.903 bits per heavy atom. The first kappa shape index (κ1) is 21.0. The second kappa shape index (κ2) is 9.23. The van der Waals surface area contributed by atoms with E-state index in [-0.39, 0.29) is 16.5 Å². The molecule has 0 aliphatic heterocycles. The van der Waals surface area contributed by atoms with Gasteiger partial charge in [-0.25, -0.2) is 8.42 Å². The molecular formula is C22H20N2O5S2. The molecule has 0 aliphatic carbocycles. The zero-order valence-corrected chi connectivity index (χ0v) is 18.1. The first-order valence-corrected chi connectivity index (χ1v) is 11.8. The molecule has 31 heavy (non-hydrogen) atoms. The van der Waals surface area contributed by atoms with Crippen molar-refractivity contribution in [2.75, 3.05) is 4.72 Å². The number of hydrogen-bond acceptors (Lipinski definition) is 6. The van der Waals surface area contributed by atoms with E-state index in [1.165, 1.54) is 0 Å². The van der Waals surface area contributed by atoms with Gasteiger partial charge in [0.1, 0.15) is 15.7 Å². The molecule has 1 aromatic carbocycles. The fraction of sp³-hybridized carbons (Fsp3) is 0.136. The molecule has 7 nitrogen and oxygen atoms in total. The third-order valence-electron chi connectivity index (χ3n) is 4.53. The molecule has 160 valence electrons. The van der Waals surface area contributed by atoms with Gasteiger partial charge in [-0.05, 0) is 53.4 Å².